The molecule has 0 spiro atoms. The van der Waals surface area contributed by atoms with Crippen molar-refractivity contribution in [3.8, 4) is 0 Å². The molecule has 0 aromatic heterocycles. The Balaban J connectivity index is 1.58. The van der Waals surface area contributed by atoms with Crippen LogP contribution in [0.3, 0.4) is 0 Å². The molecule has 2 aromatic rings. The summed E-state index contributed by atoms with van der Waals surface area (Å²) in [5, 5.41) is 5.62. The van der Waals surface area contributed by atoms with Gasteiger partial charge in [-0.15, -0.1) is 0 Å². The molecular formula is C20H21BrN2O2. The third-order valence-corrected chi connectivity index (χ3v) is 5.06. The lowest BCUT2D eigenvalue weighted by molar-refractivity contribution is -0.125. The van der Waals surface area contributed by atoms with Crippen LogP contribution in [0.25, 0.3) is 0 Å². The number of hydrogen-bond acceptors (Lipinski definition) is 2. The summed E-state index contributed by atoms with van der Waals surface area (Å²) in [5.74, 6) is -0.454. The molecule has 0 saturated carbocycles. The lowest BCUT2D eigenvalue weighted by atomic mass is 9.82. The maximum atomic E-state index is 12.5. The van der Waals surface area contributed by atoms with Gasteiger partial charge >= 0.3 is 0 Å². The topological polar surface area (TPSA) is 58.2 Å². The Bertz CT molecular complexity index is 804. The maximum Gasteiger partial charge on any atom is 0.243 e. The van der Waals surface area contributed by atoms with E-state index in [1.165, 1.54) is 5.56 Å². The van der Waals surface area contributed by atoms with E-state index in [4.69, 9.17) is 0 Å². The molecule has 4 nitrogen and oxygen atoms in total. The predicted molar refractivity (Wildman–Crippen MR) is 103 cm³/mol. The fourth-order valence-corrected chi connectivity index (χ4v) is 3.75. The van der Waals surface area contributed by atoms with Crippen LogP contribution in [0.1, 0.15) is 35.4 Å². The minimum Gasteiger partial charge on any atom is -0.346 e. The number of carbonyl (C=O) groups is 2. The Morgan fingerprint density at radius 2 is 2.00 bits per heavy atom. The van der Waals surface area contributed by atoms with Gasteiger partial charge in [-0.1, -0.05) is 40.2 Å². The van der Waals surface area contributed by atoms with Crippen LogP contribution in [0.2, 0.25) is 0 Å². The largest absolute Gasteiger partial charge is 0.346 e. The number of rotatable bonds is 4. The summed E-state index contributed by atoms with van der Waals surface area (Å²) in [6.07, 6.45) is 2.85. The molecule has 0 aliphatic heterocycles. The van der Waals surface area contributed by atoms with E-state index in [1.807, 2.05) is 43.3 Å². The molecule has 0 fully saturated rings. The van der Waals surface area contributed by atoms with Crippen molar-refractivity contribution < 1.29 is 9.59 Å². The number of halogens is 1. The second-order valence-corrected chi connectivity index (χ2v) is 7.28. The van der Waals surface area contributed by atoms with Gasteiger partial charge < -0.3 is 10.6 Å². The molecule has 2 amide bonds. The van der Waals surface area contributed by atoms with Crippen molar-refractivity contribution in [2.24, 2.45) is 0 Å². The Labute approximate surface area is 156 Å². The van der Waals surface area contributed by atoms with Crippen LogP contribution >= 0.6 is 15.9 Å². The first-order valence-corrected chi connectivity index (χ1v) is 9.25. The predicted octanol–water partition coefficient (Wildman–Crippen LogP) is 3.93. The number of carbonyl (C=O) groups excluding carboxylic acids is 2. The summed E-state index contributed by atoms with van der Waals surface area (Å²) in [7, 11) is 0. The zero-order chi connectivity index (χ0) is 17.8. The van der Waals surface area contributed by atoms with Crippen LogP contribution in [0.15, 0.2) is 46.9 Å². The molecule has 5 heteroatoms. The van der Waals surface area contributed by atoms with Gasteiger partial charge in [-0.05, 0) is 61.1 Å². The van der Waals surface area contributed by atoms with Crippen molar-refractivity contribution in [1.82, 2.24) is 5.32 Å². The molecule has 0 bridgehead atoms. The van der Waals surface area contributed by atoms with E-state index in [0.29, 0.717) is 0 Å². The zero-order valence-corrected chi connectivity index (χ0v) is 15.7. The quantitative estimate of drug-likeness (QED) is 0.816. The van der Waals surface area contributed by atoms with E-state index in [2.05, 4.69) is 32.6 Å². The molecule has 0 radical (unpaired) electrons. The molecule has 130 valence electrons. The van der Waals surface area contributed by atoms with Crippen LogP contribution in [0.4, 0.5) is 5.69 Å². The highest BCUT2D eigenvalue weighted by Crippen LogP contribution is 2.31. The Hall–Kier alpha value is -2.14. The molecule has 1 aliphatic carbocycles. The lowest BCUT2D eigenvalue weighted by Crippen LogP contribution is -2.37. The van der Waals surface area contributed by atoms with Gasteiger partial charge in [0, 0.05) is 10.2 Å². The molecule has 0 heterocycles. The molecule has 2 N–H and O–H groups in total. The summed E-state index contributed by atoms with van der Waals surface area (Å²) >= 11 is 3.40. The normalized spacial score (nSPS) is 16.0. The summed E-state index contributed by atoms with van der Waals surface area (Å²) in [5.41, 5.74) is 4.06. The van der Waals surface area contributed by atoms with Gasteiger partial charge in [-0.25, -0.2) is 0 Å². The molecule has 0 unspecified atom stereocenters. The van der Waals surface area contributed by atoms with E-state index in [-0.39, 0.29) is 24.3 Å². The van der Waals surface area contributed by atoms with Gasteiger partial charge in [0.25, 0.3) is 0 Å². The van der Waals surface area contributed by atoms with Gasteiger partial charge in [-0.3, -0.25) is 9.59 Å². The number of nitrogens with one attached hydrogen (secondary N) is 2. The van der Waals surface area contributed by atoms with Gasteiger partial charge in [0.1, 0.15) is 0 Å². The number of amides is 2. The van der Waals surface area contributed by atoms with Gasteiger partial charge in [-0.2, -0.15) is 0 Å². The van der Waals surface area contributed by atoms with E-state index >= 15 is 0 Å². The van der Waals surface area contributed by atoms with Crippen molar-refractivity contribution in [2.75, 3.05) is 11.9 Å². The number of aryl methyl sites for hydroxylation is 2. The van der Waals surface area contributed by atoms with Crippen LogP contribution in [-0.2, 0) is 16.0 Å². The van der Waals surface area contributed by atoms with E-state index < -0.39 is 0 Å². The van der Waals surface area contributed by atoms with Crippen molar-refractivity contribution in [2.45, 2.75) is 32.1 Å². The smallest absolute Gasteiger partial charge is 0.243 e. The number of benzene rings is 2. The van der Waals surface area contributed by atoms with Crippen LogP contribution in [0.5, 0.6) is 0 Å². The molecular weight excluding hydrogens is 380 g/mol. The van der Waals surface area contributed by atoms with Crippen LogP contribution < -0.4 is 10.6 Å². The third-order valence-electron chi connectivity index (χ3n) is 4.57. The first-order chi connectivity index (χ1) is 12.0. The SMILES string of the molecule is Cc1cc(Br)ccc1NC(=O)CNC(=O)[C@H]1CCCc2ccccc21. The number of anilines is 1. The summed E-state index contributed by atoms with van der Waals surface area (Å²) in [6, 6.07) is 13.7. The monoisotopic (exact) mass is 400 g/mol. The standard InChI is InChI=1S/C20H21BrN2O2/c1-13-11-15(21)9-10-18(13)23-19(24)12-22-20(25)17-8-4-6-14-5-2-3-7-16(14)17/h2-3,5,7,9-11,17H,4,6,8,12H2,1H3,(H,22,25)(H,23,24)/t17-/m0/s1. The van der Waals surface area contributed by atoms with Crippen LogP contribution in [-0.4, -0.2) is 18.4 Å². The zero-order valence-electron chi connectivity index (χ0n) is 14.1. The summed E-state index contributed by atoms with van der Waals surface area (Å²) < 4.78 is 0.965. The van der Waals surface area contributed by atoms with Gasteiger partial charge in [0.2, 0.25) is 11.8 Å². The highest BCUT2D eigenvalue weighted by atomic mass is 79.9. The Morgan fingerprint density at radius 1 is 1.20 bits per heavy atom. The fraction of sp³-hybridized carbons (Fsp3) is 0.300. The van der Waals surface area contributed by atoms with E-state index in [9.17, 15) is 9.59 Å². The minimum atomic E-state index is -0.220. The first-order valence-electron chi connectivity index (χ1n) is 8.46. The van der Waals surface area contributed by atoms with Crippen molar-refractivity contribution in [3.05, 3.63) is 63.6 Å². The van der Waals surface area contributed by atoms with Crippen molar-refractivity contribution in [1.29, 1.82) is 0 Å². The second-order valence-electron chi connectivity index (χ2n) is 6.37. The van der Waals surface area contributed by atoms with Crippen molar-refractivity contribution in [3.63, 3.8) is 0 Å². The summed E-state index contributed by atoms with van der Waals surface area (Å²) in [4.78, 5) is 24.7. The molecule has 1 atom stereocenters. The van der Waals surface area contributed by atoms with Crippen LogP contribution in [0, 0.1) is 6.92 Å². The van der Waals surface area contributed by atoms with Gasteiger partial charge in [0.05, 0.1) is 12.5 Å². The molecule has 2 aromatic carbocycles. The second kappa shape index (κ2) is 7.83. The molecule has 25 heavy (non-hydrogen) atoms. The highest BCUT2D eigenvalue weighted by molar-refractivity contribution is 9.10. The Kier molecular flexibility index (Phi) is 5.53. The minimum absolute atomic E-state index is 0.0208. The van der Waals surface area contributed by atoms with E-state index in [1.54, 1.807) is 0 Å². The van der Waals surface area contributed by atoms with E-state index in [0.717, 1.165) is 40.5 Å². The molecule has 0 saturated heterocycles. The fourth-order valence-electron chi connectivity index (χ4n) is 3.28. The number of fused-ring (bicyclic) bond motifs is 1. The first kappa shape index (κ1) is 17.7. The number of hydrogen-bond donors (Lipinski definition) is 2. The average molecular weight is 401 g/mol. The van der Waals surface area contributed by atoms with Crippen molar-refractivity contribution >= 4 is 33.4 Å². The summed E-state index contributed by atoms with van der Waals surface area (Å²) in [6.45, 7) is 1.91. The molecule has 1 aliphatic rings. The lowest BCUT2D eigenvalue weighted by Gasteiger charge is -2.24. The third kappa shape index (κ3) is 4.28. The highest BCUT2D eigenvalue weighted by Gasteiger charge is 2.26. The average Bonchev–Trinajstić information content (AvgIpc) is 2.61. The molecule has 3 rings (SSSR count). The maximum absolute atomic E-state index is 12.5. The van der Waals surface area contributed by atoms with Gasteiger partial charge in [0.15, 0.2) is 0 Å². The Morgan fingerprint density at radius 3 is 2.80 bits per heavy atom.